The van der Waals surface area contributed by atoms with Crippen molar-refractivity contribution in [2.45, 2.75) is 58.4 Å². The number of hydrogen-bond acceptors (Lipinski definition) is 2. The Morgan fingerprint density at radius 3 is 2.50 bits per heavy atom. The van der Waals surface area contributed by atoms with E-state index in [9.17, 15) is 0 Å². The van der Waals surface area contributed by atoms with E-state index in [-0.39, 0.29) is 0 Å². The molecule has 1 atom stereocenters. The third-order valence-corrected chi connectivity index (χ3v) is 4.83. The van der Waals surface area contributed by atoms with E-state index in [1.54, 1.807) is 0 Å². The van der Waals surface area contributed by atoms with E-state index in [4.69, 9.17) is 5.73 Å². The summed E-state index contributed by atoms with van der Waals surface area (Å²) in [5, 5.41) is 0. The highest BCUT2D eigenvalue weighted by atomic mass is 15.2. The molecule has 94 valence electrons. The van der Waals surface area contributed by atoms with E-state index in [0.29, 0.717) is 11.0 Å². The minimum Gasteiger partial charge on any atom is -0.329 e. The first kappa shape index (κ1) is 12.4. The molecule has 16 heavy (non-hydrogen) atoms. The Morgan fingerprint density at radius 2 is 2.06 bits per heavy atom. The monoisotopic (exact) mass is 224 g/mol. The number of nitrogens with two attached hydrogens (primary N) is 1. The highest BCUT2D eigenvalue weighted by Crippen LogP contribution is 2.47. The maximum absolute atomic E-state index is 6.14. The molecular weight excluding hydrogens is 196 g/mol. The van der Waals surface area contributed by atoms with Crippen LogP contribution in [0.15, 0.2) is 0 Å². The molecule has 0 aromatic heterocycles. The topological polar surface area (TPSA) is 29.3 Å². The van der Waals surface area contributed by atoms with Gasteiger partial charge >= 0.3 is 0 Å². The molecule has 0 bridgehead atoms. The van der Waals surface area contributed by atoms with E-state index in [0.717, 1.165) is 12.5 Å². The lowest BCUT2D eigenvalue weighted by Gasteiger charge is -2.50. The Morgan fingerprint density at radius 1 is 1.38 bits per heavy atom. The molecule has 1 unspecified atom stereocenters. The van der Waals surface area contributed by atoms with E-state index in [1.807, 2.05) is 0 Å². The third kappa shape index (κ3) is 2.14. The first-order chi connectivity index (χ1) is 7.54. The summed E-state index contributed by atoms with van der Waals surface area (Å²) >= 11 is 0. The second-order valence-corrected chi connectivity index (χ2v) is 6.62. The van der Waals surface area contributed by atoms with Crippen molar-refractivity contribution in [3.63, 3.8) is 0 Å². The summed E-state index contributed by atoms with van der Waals surface area (Å²) in [6, 6.07) is 0. The van der Waals surface area contributed by atoms with Crippen molar-refractivity contribution in [2.24, 2.45) is 17.1 Å². The lowest BCUT2D eigenvalue weighted by Crippen LogP contribution is -2.59. The van der Waals surface area contributed by atoms with Gasteiger partial charge in [0.1, 0.15) is 0 Å². The maximum atomic E-state index is 6.14. The Hall–Kier alpha value is -0.0800. The van der Waals surface area contributed by atoms with E-state index < -0.39 is 0 Å². The van der Waals surface area contributed by atoms with Gasteiger partial charge in [0, 0.05) is 18.6 Å². The van der Waals surface area contributed by atoms with Gasteiger partial charge < -0.3 is 5.73 Å². The molecule has 2 N–H and O–H groups in total. The van der Waals surface area contributed by atoms with Crippen LogP contribution in [0.3, 0.4) is 0 Å². The van der Waals surface area contributed by atoms with Crippen molar-refractivity contribution >= 4 is 0 Å². The van der Waals surface area contributed by atoms with Gasteiger partial charge in [0.25, 0.3) is 0 Å². The van der Waals surface area contributed by atoms with Gasteiger partial charge in [-0.15, -0.1) is 0 Å². The van der Waals surface area contributed by atoms with E-state index in [2.05, 4.69) is 25.7 Å². The zero-order valence-electron chi connectivity index (χ0n) is 11.3. The molecule has 0 radical (unpaired) electrons. The quantitative estimate of drug-likeness (QED) is 0.795. The Kier molecular flexibility index (Phi) is 3.33. The van der Waals surface area contributed by atoms with Gasteiger partial charge in [-0.3, -0.25) is 4.90 Å². The molecule has 2 nitrogen and oxygen atoms in total. The number of nitrogens with zero attached hydrogens (tertiary/aromatic N) is 1. The predicted octanol–water partition coefficient (Wildman–Crippen LogP) is 2.63. The van der Waals surface area contributed by atoms with Crippen LogP contribution in [0, 0.1) is 11.3 Å². The fraction of sp³-hybridized carbons (Fsp3) is 1.00. The molecule has 0 aromatic carbocycles. The van der Waals surface area contributed by atoms with Gasteiger partial charge in [0.15, 0.2) is 0 Å². The van der Waals surface area contributed by atoms with Gasteiger partial charge in [-0.05, 0) is 50.0 Å². The number of likely N-dealkylation sites (tertiary alicyclic amines) is 1. The van der Waals surface area contributed by atoms with Crippen molar-refractivity contribution < 1.29 is 0 Å². The molecule has 2 rings (SSSR count). The molecule has 1 aliphatic heterocycles. The van der Waals surface area contributed by atoms with Crippen molar-refractivity contribution in [3.8, 4) is 0 Å². The Bertz CT molecular complexity index is 239. The van der Waals surface area contributed by atoms with Crippen LogP contribution in [-0.2, 0) is 0 Å². The minimum absolute atomic E-state index is 0.331. The minimum atomic E-state index is 0.331. The van der Waals surface area contributed by atoms with Crippen LogP contribution in [0.2, 0.25) is 0 Å². The van der Waals surface area contributed by atoms with E-state index >= 15 is 0 Å². The second kappa shape index (κ2) is 4.30. The van der Waals surface area contributed by atoms with Crippen LogP contribution < -0.4 is 5.73 Å². The van der Waals surface area contributed by atoms with Crippen LogP contribution in [0.4, 0.5) is 0 Å². The predicted molar refractivity (Wildman–Crippen MR) is 69.4 cm³/mol. The Labute approximate surface area is 101 Å². The van der Waals surface area contributed by atoms with Crippen LogP contribution in [-0.4, -0.2) is 30.1 Å². The zero-order valence-corrected chi connectivity index (χ0v) is 11.3. The lowest BCUT2D eigenvalue weighted by atomic mass is 9.79. The summed E-state index contributed by atoms with van der Waals surface area (Å²) in [6.45, 7) is 10.5. The van der Waals surface area contributed by atoms with Gasteiger partial charge in [-0.2, -0.15) is 0 Å². The SMILES string of the molecule is CCC(CN)(C1CC1)N1CCCC(C)(C)C1. The van der Waals surface area contributed by atoms with Crippen LogP contribution >= 0.6 is 0 Å². The molecular formula is C14H28N2. The summed E-state index contributed by atoms with van der Waals surface area (Å²) in [5.41, 5.74) is 6.96. The summed E-state index contributed by atoms with van der Waals surface area (Å²) in [5.74, 6) is 0.886. The van der Waals surface area contributed by atoms with Crippen LogP contribution in [0.1, 0.15) is 52.9 Å². The van der Waals surface area contributed by atoms with Gasteiger partial charge in [0.2, 0.25) is 0 Å². The molecule has 1 saturated heterocycles. The molecule has 2 fully saturated rings. The summed E-state index contributed by atoms with van der Waals surface area (Å²) < 4.78 is 0. The highest BCUT2D eigenvalue weighted by molar-refractivity contribution is 5.04. The number of hydrogen-bond donors (Lipinski definition) is 1. The largest absolute Gasteiger partial charge is 0.329 e. The standard InChI is InChI=1S/C14H28N2/c1-4-14(10-15,12-6-7-12)16-9-5-8-13(2,3)11-16/h12H,4-11,15H2,1-3H3. The molecule has 1 saturated carbocycles. The number of rotatable bonds is 4. The normalized spacial score (nSPS) is 30.0. The summed E-state index contributed by atoms with van der Waals surface area (Å²) in [6.07, 6.45) is 6.76. The molecule has 0 aromatic rings. The highest BCUT2D eigenvalue weighted by Gasteiger charge is 2.48. The Balaban J connectivity index is 2.13. The molecule has 0 amide bonds. The fourth-order valence-electron chi connectivity index (χ4n) is 3.63. The molecule has 2 aliphatic rings. The van der Waals surface area contributed by atoms with Crippen LogP contribution in [0.25, 0.3) is 0 Å². The second-order valence-electron chi connectivity index (χ2n) is 6.62. The number of piperidine rings is 1. The van der Waals surface area contributed by atoms with Crippen LogP contribution in [0.5, 0.6) is 0 Å². The molecule has 2 heteroatoms. The van der Waals surface area contributed by atoms with Crippen molar-refractivity contribution in [1.29, 1.82) is 0 Å². The molecule has 0 spiro atoms. The average molecular weight is 224 g/mol. The van der Waals surface area contributed by atoms with Gasteiger partial charge in [-0.1, -0.05) is 20.8 Å². The van der Waals surface area contributed by atoms with Crippen molar-refractivity contribution in [2.75, 3.05) is 19.6 Å². The van der Waals surface area contributed by atoms with Gasteiger partial charge in [0.05, 0.1) is 0 Å². The molecule has 1 heterocycles. The van der Waals surface area contributed by atoms with Crippen molar-refractivity contribution in [3.05, 3.63) is 0 Å². The maximum Gasteiger partial charge on any atom is 0.0357 e. The first-order valence-corrected chi connectivity index (χ1v) is 6.99. The lowest BCUT2D eigenvalue weighted by molar-refractivity contribution is 0.00231. The first-order valence-electron chi connectivity index (χ1n) is 6.99. The summed E-state index contributed by atoms with van der Waals surface area (Å²) in [7, 11) is 0. The average Bonchev–Trinajstić information content (AvgIpc) is 3.04. The van der Waals surface area contributed by atoms with Gasteiger partial charge in [-0.25, -0.2) is 0 Å². The van der Waals surface area contributed by atoms with E-state index in [1.165, 1.54) is 45.2 Å². The molecule has 1 aliphatic carbocycles. The fourth-order valence-corrected chi connectivity index (χ4v) is 3.63. The third-order valence-electron chi connectivity index (χ3n) is 4.83. The van der Waals surface area contributed by atoms with Crippen molar-refractivity contribution in [1.82, 2.24) is 4.90 Å². The smallest absolute Gasteiger partial charge is 0.0357 e. The zero-order chi connectivity index (χ0) is 11.8. The summed E-state index contributed by atoms with van der Waals surface area (Å²) in [4.78, 5) is 2.73.